The Balaban J connectivity index is 1.94. The molecule has 0 fully saturated rings. The molecule has 0 saturated heterocycles. The quantitative estimate of drug-likeness (QED) is 0.389. The van der Waals surface area contributed by atoms with E-state index in [-0.39, 0.29) is 16.6 Å². The zero-order valence-corrected chi connectivity index (χ0v) is 20.9. The van der Waals surface area contributed by atoms with Crippen LogP contribution in [0.5, 0.6) is 5.75 Å². The molecule has 166 valence electrons. The van der Waals surface area contributed by atoms with E-state index < -0.39 is 0 Å². The molecule has 0 N–H and O–H groups in total. The van der Waals surface area contributed by atoms with E-state index in [1.807, 2.05) is 0 Å². The van der Waals surface area contributed by atoms with Gasteiger partial charge in [0, 0.05) is 52.0 Å². The molecule has 0 atom stereocenters. The van der Waals surface area contributed by atoms with Crippen LogP contribution in [0.25, 0.3) is 27.7 Å². The zero-order chi connectivity index (χ0) is 23.2. The standard InChI is InChI=1S/C30H36NO/c1-10-30(11-2)20(5)22-17-26-24(28(6,7)29(8,9)32-26)16-23(22)27-19(4)15-21-14-18(3)12-13-25(21)31(27)30/h12-17H,5,10-11H2,1-4,6-9H3/q+1. The van der Waals surface area contributed by atoms with Crippen LogP contribution in [0.1, 0.15) is 76.6 Å². The van der Waals surface area contributed by atoms with Crippen molar-refractivity contribution in [3.63, 3.8) is 0 Å². The molecule has 0 radical (unpaired) electrons. The second-order valence-electron chi connectivity index (χ2n) is 10.9. The van der Waals surface area contributed by atoms with Crippen LogP contribution in [0.2, 0.25) is 0 Å². The van der Waals surface area contributed by atoms with E-state index in [9.17, 15) is 0 Å². The molecule has 2 aliphatic heterocycles. The fourth-order valence-corrected chi connectivity index (χ4v) is 6.07. The Hall–Kier alpha value is -2.61. The molecule has 0 unspecified atom stereocenters. The van der Waals surface area contributed by atoms with Crippen molar-refractivity contribution in [2.45, 2.75) is 84.8 Å². The number of pyridine rings is 1. The van der Waals surface area contributed by atoms with E-state index >= 15 is 0 Å². The Kier molecular flexibility index (Phi) is 4.29. The fourth-order valence-electron chi connectivity index (χ4n) is 6.07. The Morgan fingerprint density at radius 1 is 0.906 bits per heavy atom. The Labute approximate surface area is 192 Å². The molecule has 2 heteroatoms. The first-order valence-corrected chi connectivity index (χ1v) is 12.0. The van der Waals surface area contributed by atoms with Crippen LogP contribution in [-0.2, 0) is 11.0 Å². The van der Waals surface area contributed by atoms with E-state index in [4.69, 9.17) is 11.3 Å². The van der Waals surface area contributed by atoms with Crippen LogP contribution in [0.3, 0.4) is 0 Å². The highest BCUT2D eigenvalue weighted by atomic mass is 16.5. The summed E-state index contributed by atoms with van der Waals surface area (Å²) in [6, 6.07) is 13.9. The molecule has 0 amide bonds. The van der Waals surface area contributed by atoms with Crippen LogP contribution in [0.4, 0.5) is 0 Å². The van der Waals surface area contributed by atoms with Crippen molar-refractivity contribution in [2.24, 2.45) is 0 Å². The molecule has 0 saturated carbocycles. The number of allylic oxidation sites excluding steroid dienone is 1. The van der Waals surface area contributed by atoms with Crippen molar-refractivity contribution in [2.75, 3.05) is 0 Å². The number of nitrogens with zero attached hydrogens (tertiary/aromatic N) is 1. The van der Waals surface area contributed by atoms with Crippen molar-refractivity contribution >= 4 is 16.5 Å². The Morgan fingerprint density at radius 2 is 1.59 bits per heavy atom. The average Bonchev–Trinajstić information content (AvgIpc) is 2.91. The molecule has 2 aliphatic rings. The van der Waals surface area contributed by atoms with Gasteiger partial charge >= 0.3 is 0 Å². The number of hydrogen-bond acceptors (Lipinski definition) is 1. The van der Waals surface area contributed by atoms with E-state index in [2.05, 4.69) is 96.4 Å². The van der Waals surface area contributed by atoms with Crippen molar-refractivity contribution in [3.05, 3.63) is 65.2 Å². The third kappa shape index (κ3) is 2.44. The number of aromatic nitrogens is 1. The normalized spacial score (nSPS) is 19.3. The fraction of sp³-hybridized carbons (Fsp3) is 0.433. The smallest absolute Gasteiger partial charge is 0.217 e. The number of benzene rings is 2. The maximum Gasteiger partial charge on any atom is 0.217 e. The van der Waals surface area contributed by atoms with Gasteiger partial charge in [-0.25, -0.2) is 0 Å². The van der Waals surface area contributed by atoms with Crippen LogP contribution in [-0.4, -0.2) is 5.60 Å². The van der Waals surface area contributed by atoms with Crippen LogP contribution < -0.4 is 9.30 Å². The summed E-state index contributed by atoms with van der Waals surface area (Å²) < 4.78 is 9.13. The highest BCUT2D eigenvalue weighted by molar-refractivity contribution is 5.89. The molecule has 2 aromatic carbocycles. The van der Waals surface area contributed by atoms with Gasteiger partial charge in [-0.1, -0.05) is 45.9 Å². The van der Waals surface area contributed by atoms with Gasteiger partial charge in [-0.15, -0.1) is 0 Å². The van der Waals surface area contributed by atoms with Gasteiger partial charge in [0.15, 0.2) is 5.54 Å². The first kappa shape index (κ1) is 21.2. The molecule has 5 rings (SSSR count). The summed E-state index contributed by atoms with van der Waals surface area (Å²) in [6.45, 7) is 22.8. The molecule has 0 aliphatic carbocycles. The van der Waals surface area contributed by atoms with Gasteiger partial charge in [-0.05, 0) is 52.0 Å². The minimum Gasteiger partial charge on any atom is -0.487 e. The van der Waals surface area contributed by atoms with Gasteiger partial charge in [-0.3, -0.25) is 0 Å². The van der Waals surface area contributed by atoms with Gasteiger partial charge in [0.05, 0.1) is 5.56 Å². The molecule has 32 heavy (non-hydrogen) atoms. The number of hydrogen-bond donors (Lipinski definition) is 0. The maximum absolute atomic E-state index is 6.51. The molecular formula is C30H36NO+. The Bertz CT molecular complexity index is 1300. The van der Waals surface area contributed by atoms with Gasteiger partial charge in [0.25, 0.3) is 0 Å². The molecule has 0 bridgehead atoms. The first-order chi connectivity index (χ1) is 15.0. The molecule has 3 heterocycles. The minimum atomic E-state index is -0.251. The first-order valence-electron chi connectivity index (χ1n) is 12.0. The number of fused-ring (bicyclic) bond motifs is 6. The van der Waals surface area contributed by atoms with Crippen molar-refractivity contribution in [1.82, 2.24) is 0 Å². The van der Waals surface area contributed by atoms with Crippen LogP contribution in [0, 0.1) is 13.8 Å². The van der Waals surface area contributed by atoms with E-state index in [1.165, 1.54) is 50.0 Å². The monoisotopic (exact) mass is 426 g/mol. The SMILES string of the molecule is C=C1c2cc3c(cc2-c2c(C)cc4cc(C)ccc4[n+]2C1(CC)CC)C(C)(C)C(C)(C)O3. The number of aryl methyl sites for hydroxylation is 2. The zero-order valence-electron chi connectivity index (χ0n) is 20.9. The highest BCUT2D eigenvalue weighted by Crippen LogP contribution is 2.54. The topological polar surface area (TPSA) is 13.1 Å². The Morgan fingerprint density at radius 3 is 2.25 bits per heavy atom. The average molecular weight is 427 g/mol. The summed E-state index contributed by atoms with van der Waals surface area (Å²) in [5.74, 6) is 1.02. The lowest BCUT2D eigenvalue weighted by Gasteiger charge is -2.37. The summed E-state index contributed by atoms with van der Waals surface area (Å²) in [6.07, 6.45) is 2.00. The predicted molar refractivity (Wildman–Crippen MR) is 134 cm³/mol. The van der Waals surface area contributed by atoms with Crippen molar-refractivity contribution < 1.29 is 9.30 Å². The molecule has 0 spiro atoms. The van der Waals surface area contributed by atoms with Crippen molar-refractivity contribution in [1.29, 1.82) is 0 Å². The lowest BCUT2D eigenvalue weighted by molar-refractivity contribution is -0.718. The highest BCUT2D eigenvalue weighted by Gasteiger charge is 2.52. The second-order valence-corrected chi connectivity index (χ2v) is 10.9. The van der Waals surface area contributed by atoms with E-state index in [1.54, 1.807) is 0 Å². The van der Waals surface area contributed by atoms with Crippen LogP contribution >= 0.6 is 0 Å². The summed E-state index contributed by atoms with van der Waals surface area (Å²) >= 11 is 0. The van der Waals surface area contributed by atoms with Gasteiger partial charge in [0.1, 0.15) is 11.4 Å². The number of ether oxygens (including phenoxy) is 1. The maximum atomic E-state index is 6.51. The van der Waals surface area contributed by atoms with E-state index in [0.29, 0.717) is 0 Å². The van der Waals surface area contributed by atoms with Crippen molar-refractivity contribution in [3.8, 4) is 17.0 Å². The van der Waals surface area contributed by atoms with Gasteiger partial charge < -0.3 is 4.74 Å². The lowest BCUT2D eigenvalue weighted by Crippen LogP contribution is -2.60. The largest absolute Gasteiger partial charge is 0.487 e. The molecule has 2 nitrogen and oxygen atoms in total. The summed E-state index contributed by atoms with van der Waals surface area (Å²) in [5.41, 5.74) is 9.80. The molecular weight excluding hydrogens is 390 g/mol. The van der Waals surface area contributed by atoms with Crippen LogP contribution in [0.15, 0.2) is 43.0 Å². The summed E-state index contributed by atoms with van der Waals surface area (Å²) in [4.78, 5) is 0. The molecule has 1 aromatic heterocycles. The number of rotatable bonds is 2. The summed E-state index contributed by atoms with van der Waals surface area (Å²) in [7, 11) is 0. The summed E-state index contributed by atoms with van der Waals surface area (Å²) in [5, 5.41) is 1.31. The van der Waals surface area contributed by atoms with Gasteiger partial charge in [0.2, 0.25) is 11.2 Å². The molecule has 3 aromatic rings. The predicted octanol–water partition coefficient (Wildman–Crippen LogP) is 7.40. The third-order valence-electron chi connectivity index (χ3n) is 8.80. The van der Waals surface area contributed by atoms with E-state index in [0.717, 1.165) is 18.6 Å². The third-order valence-corrected chi connectivity index (χ3v) is 8.80. The lowest BCUT2D eigenvalue weighted by atomic mass is 9.70. The van der Waals surface area contributed by atoms with Gasteiger partial charge in [-0.2, -0.15) is 4.57 Å². The second kappa shape index (κ2) is 6.47. The minimum absolute atomic E-state index is 0.0740.